The molecule has 1 aromatic carbocycles. The number of ether oxygens (including phenoxy) is 2. The average Bonchev–Trinajstić information content (AvgIpc) is 2.60. The number of amides is 1. The minimum absolute atomic E-state index is 0.133. The summed E-state index contributed by atoms with van der Waals surface area (Å²) in [6.07, 6.45) is 0.852. The highest BCUT2D eigenvalue weighted by atomic mass is 32.2. The van der Waals surface area contributed by atoms with Gasteiger partial charge in [-0.15, -0.1) is 0 Å². The van der Waals surface area contributed by atoms with Crippen molar-refractivity contribution in [2.75, 3.05) is 26.3 Å². The van der Waals surface area contributed by atoms with Crippen LogP contribution in [0.4, 0.5) is 0 Å². The summed E-state index contributed by atoms with van der Waals surface area (Å²) in [6, 6.07) is 5.83. The molecule has 0 spiro atoms. The van der Waals surface area contributed by atoms with E-state index in [9.17, 15) is 18.0 Å². The van der Waals surface area contributed by atoms with E-state index in [1.165, 1.54) is 28.6 Å². The van der Waals surface area contributed by atoms with Crippen LogP contribution in [0.25, 0.3) is 0 Å². The number of hydrogen-bond acceptors (Lipinski definition) is 6. The van der Waals surface area contributed by atoms with Crippen LogP contribution in [0.2, 0.25) is 0 Å². The fourth-order valence-electron chi connectivity index (χ4n) is 2.58. The van der Waals surface area contributed by atoms with Crippen LogP contribution in [-0.4, -0.2) is 50.9 Å². The van der Waals surface area contributed by atoms with E-state index in [0.29, 0.717) is 18.6 Å². The van der Waals surface area contributed by atoms with Crippen LogP contribution in [-0.2, 0) is 24.3 Å². The second kappa shape index (κ2) is 8.30. The van der Waals surface area contributed by atoms with Gasteiger partial charge in [0.1, 0.15) is 5.75 Å². The quantitative estimate of drug-likeness (QED) is 0.699. The molecule has 0 atom stereocenters. The highest BCUT2D eigenvalue weighted by Crippen LogP contribution is 2.25. The molecule has 25 heavy (non-hydrogen) atoms. The molecule has 2 N–H and O–H groups in total. The molecular weight excluding hydrogens is 348 g/mol. The molecule has 1 heterocycles. The molecule has 0 aliphatic carbocycles. The van der Waals surface area contributed by atoms with E-state index >= 15 is 0 Å². The predicted molar refractivity (Wildman–Crippen MR) is 89.2 cm³/mol. The highest BCUT2D eigenvalue weighted by Gasteiger charge is 2.31. The van der Waals surface area contributed by atoms with Gasteiger partial charge in [-0.2, -0.15) is 4.31 Å². The van der Waals surface area contributed by atoms with Gasteiger partial charge < -0.3 is 15.2 Å². The zero-order valence-electron chi connectivity index (χ0n) is 14.0. The molecule has 8 nitrogen and oxygen atoms in total. The number of nitrogens with zero attached hydrogens (tertiary/aromatic N) is 1. The van der Waals surface area contributed by atoms with E-state index in [1.54, 1.807) is 6.92 Å². The first-order chi connectivity index (χ1) is 11.8. The molecule has 1 fully saturated rings. The van der Waals surface area contributed by atoms with Crippen molar-refractivity contribution in [3.8, 4) is 5.75 Å². The largest absolute Gasteiger partial charge is 0.482 e. The summed E-state index contributed by atoms with van der Waals surface area (Å²) in [5.74, 6) is -0.777. The summed E-state index contributed by atoms with van der Waals surface area (Å²) < 4.78 is 36.6. The van der Waals surface area contributed by atoms with E-state index in [0.717, 1.165) is 0 Å². The number of benzene rings is 1. The van der Waals surface area contributed by atoms with E-state index in [1.807, 2.05) is 0 Å². The minimum atomic E-state index is -3.63. The Morgan fingerprint density at radius 1 is 1.20 bits per heavy atom. The maximum atomic E-state index is 12.6. The van der Waals surface area contributed by atoms with Crippen molar-refractivity contribution in [1.29, 1.82) is 0 Å². The van der Waals surface area contributed by atoms with Gasteiger partial charge in [0.25, 0.3) is 0 Å². The Morgan fingerprint density at radius 2 is 1.80 bits per heavy atom. The number of primary amides is 1. The van der Waals surface area contributed by atoms with Crippen LogP contribution in [0.5, 0.6) is 5.75 Å². The number of hydrogen-bond donors (Lipinski definition) is 1. The van der Waals surface area contributed by atoms with Crippen LogP contribution in [0.1, 0.15) is 19.8 Å². The third-order valence-electron chi connectivity index (χ3n) is 3.98. The van der Waals surface area contributed by atoms with Crippen LogP contribution in [0.15, 0.2) is 29.2 Å². The Hall–Kier alpha value is -2.13. The lowest BCUT2D eigenvalue weighted by atomic mass is 9.98. The molecule has 0 unspecified atom stereocenters. The van der Waals surface area contributed by atoms with Gasteiger partial charge in [0.2, 0.25) is 15.9 Å². The van der Waals surface area contributed by atoms with E-state index in [4.69, 9.17) is 15.2 Å². The van der Waals surface area contributed by atoms with E-state index in [2.05, 4.69) is 0 Å². The van der Waals surface area contributed by atoms with Crippen molar-refractivity contribution in [2.24, 2.45) is 11.7 Å². The lowest BCUT2D eigenvalue weighted by molar-refractivity contribution is -0.145. The van der Waals surface area contributed by atoms with Gasteiger partial charge in [0, 0.05) is 19.0 Å². The number of rotatable bonds is 7. The molecule has 1 aromatic rings. The molecular formula is C16H22N2O6S. The molecule has 1 saturated heterocycles. The molecule has 1 aliphatic rings. The minimum Gasteiger partial charge on any atom is -0.482 e. The zero-order valence-corrected chi connectivity index (χ0v) is 14.8. The molecule has 0 saturated carbocycles. The van der Waals surface area contributed by atoms with Gasteiger partial charge in [-0.3, -0.25) is 4.79 Å². The fraction of sp³-hybridized carbons (Fsp3) is 0.500. The molecule has 2 rings (SSSR count). The van der Waals surface area contributed by atoms with Crippen LogP contribution in [0, 0.1) is 5.92 Å². The lowest BCUT2D eigenvalue weighted by Crippen LogP contribution is -2.41. The Kier molecular flexibility index (Phi) is 6.38. The van der Waals surface area contributed by atoms with Gasteiger partial charge in [0.15, 0.2) is 6.61 Å². The molecule has 1 amide bonds. The number of esters is 1. The van der Waals surface area contributed by atoms with Crippen molar-refractivity contribution in [3.05, 3.63) is 24.3 Å². The Labute approximate surface area is 146 Å². The molecule has 9 heteroatoms. The molecule has 1 aliphatic heterocycles. The maximum absolute atomic E-state index is 12.6. The third-order valence-corrected chi connectivity index (χ3v) is 5.89. The van der Waals surface area contributed by atoms with E-state index in [-0.39, 0.29) is 43.0 Å². The van der Waals surface area contributed by atoms with Gasteiger partial charge in [0.05, 0.1) is 11.5 Å². The summed E-state index contributed by atoms with van der Waals surface area (Å²) in [5.41, 5.74) is 5.26. The van der Waals surface area contributed by atoms with Gasteiger partial charge in [-0.1, -0.05) is 0 Å². The second-order valence-electron chi connectivity index (χ2n) is 5.65. The molecule has 0 aromatic heterocycles. The Bertz CT molecular complexity index is 709. The summed E-state index contributed by atoms with van der Waals surface area (Å²) in [5, 5.41) is 0. The number of carbonyl (C=O) groups excluding carboxylic acids is 2. The SMILES string of the molecule is CCOC(=O)COc1ccc(S(=O)(=O)N2CCC(C(N)=O)CC2)cc1. The summed E-state index contributed by atoms with van der Waals surface area (Å²) in [6.45, 7) is 2.25. The predicted octanol–water partition coefficient (Wildman–Crippen LogP) is 0.515. The molecule has 138 valence electrons. The number of piperidine rings is 1. The summed E-state index contributed by atoms with van der Waals surface area (Å²) in [7, 11) is -3.63. The smallest absolute Gasteiger partial charge is 0.344 e. The van der Waals surface area contributed by atoms with Crippen molar-refractivity contribution in [1.82, 2.24) is 4.31 Å². The summed E-state index contributed by atoms with van der Waals surface area (Å²) >= 11 is 0. The third kappa shape index (κ3) is 4.93. The fourth-order valence-corrected chi connectivity index (χ4v) is 4.05. The first kappa shape index (κ1) is 19.2. The summed E-state index contributed by atoms with van der Waals surface area (Å²) in [4.78, 5) is 22.5. The van der Waals surface area contributed by atoms with Crippen LogP contribution >= 0.6 is 0 Å². The monoisotopic (exact) mass is 370 g/mol. The first-order valence-electron chi connectivity index (χ1n) is 8.02. The van der Waals surface area contributed by atoms with Crippen LogP contribution in [0.3, 0.4) is 0 Å². The normalized spacial score (nSPS) is 16.4. The number of sulfonamides is 1. The topological polar surface area (TPSA) is 116 Å². The average molecular weight is 370 g/mol. The van der Waals surface area contributed by atoms with Gasteiger partial charge in [-0.05, 0) is 44.0 Å². The number of nitrogens with two attached hydrogens (primary N) is 1. The molecule has 0 radical (unpaired) electrons. The van der Waals surface area contributed by atoms with Crippen LogP contribution < -0.4 is 10.5 Å². The van der Waals surface area contributed by atoms with Gasteiger partial charge in [-0.25, -0.2) is 13.2 Å². The van der Waals surface area contributed by atoms with Crippen molar-refractivity contribution in [2.45, 2.75) is 24.7 Å². The lowest BCUT2D eigenvalue weighted by Gasteiger charge is -2.29. The second-order valence-corrected chi connectivity index (χ2v) is 7.58. The van der Waals surface area contributed by atoms with Crippen molar-refractivity contribution < 1.29 is 27.5 Å². The van der Waals surface area contributed by atoms with E-state index < -0.39 is 16.0 Å². The van der Waals surface area contributed by atoms with Gasteiger partial charge >= 0.3 is 5.97 Å². The maximum Gasteiger partial charge on any atom is 0.344 e. The first-order valence-corrected chi connectivity index (χ1v) is 9.46. The zero-order chi connectivity index (χ0) is 18.4. The van der Waals surface area contributed by atoms with Crippen molar-refractivity contribution >= 4 is 21.9 Å². The Morgan fingerprint density at radius 3 is 2.32 bits per heavy atom. The number of carbonyl (C=O) groups is 2. The highest BCUT2D eigenvalue weighted by molar-refractivity contribution is 7.89. The molecule has 0 bridgehead atoms. The standard InChI is InChI=1S/C16H22N2O6S/c1-2-23-15(19)11-24-13-3-5-14(6-4-13)25(21,22)18-9-7-12(8-10-18)16(17)20/h3-6,12H,2,7-11H2,1H3,(H2,17,20). The Balaban J connectivity index is 1.98. The van der Waals surface area contributed by atoms with Crippen molar-refractivity contribution in [3.63, 3.8) is 0 Å².